The molecule has 0 radical (unpaired) electrons. The van der Waals surface area contributed by atoms with Crippen LogP contribution in [0, 0.1) is 11.3 Å². The predicted octanol–water partition coefficient (Wildman–Crippen LogP) is 12.6. The van der Waals surface area contributed by atoms with Gasteiger partial charge in [0.2, 0.25) is 0 Å². The summed E-state index contributed by atoms with van der Waals surface area (Å²) in [5, 5.41) is 0. The lowest BCUT2D eigenvalue weighted by atomic mass is 9.68. The Morgan fingerprint density at radius 3 is 1.68 bits per heavy atom. The molecule has 0 unspecified atom stereocenters. The summed E-state index contributed by atoms with van der Waals surface area (Å²) >= 11 is 0. The fraction of sp³-hybridized carbons (Fsp3) is 0.400. The lowest BCUT2D eigenvalue weighted by molar-refractivity contribution is 0.255. The van der Waals surface area contributed by atoms with Crippen molar-refractivity contribution in [2.24, 2.45) is 11.3 Å². The zero-order valence-electron chi connectivity index (χ0n) is 27.2. The van der Waals surface area contributed by atoms with Crippen LogP contribution in [0.2, 0.25) is 0 Å². The molecule has 0 aromatic carbocycles. The predicted molar refractivity (Wildman–Crippen MR) is 183 cm³/mol. The molecule has 1 aliphatic carbocycles. The molecule has 1 aliphatic rings. The SMILES string of the molecule is CC(C)=CCC\C(C)=C/C=C/C(C)=C\C=C\C(C)=C/C=C/C=C(C)\C=C\C=C(C)/C=C/[C@H]1C(C)=CCCC1(C)C. The fourth-order valence-electron chi connectivity index (χ4n) is 4.61. The van der Waals surface area contributed by atoms with Gasteiger partial charge in [0.25, 0.3) is 0 Å². The van der Waals surface area contributed by atoms with E-state index in [-0.39, 0.29) is 0 Å². The third-order valence-corrected chi connectivity index (χ3v) is 7.24. The molecule has 0 nitrogen and oxygen atoms in total. The molecule has 0 aromatic heterocycles. The summed E-state index contributed by atoms with van der Waals surface area (Å²) in [6.07, 6.45) is 42.0. The first kappa shape index (κ1) is 34.9. The lowest BCUT2D eigenvalue weighted by Crippen LogP contribution is -2.26. The van der Waals surface area contributed by atoms with Gasteiger partial charge < -0.3 is 0 Å². The van der Waals surface area contributed by atoms with Crippen molar-refractivity contribution in [3.8, 4) is 0 Å². The molecule has 0 N–H and O–H groups in total. The lowest BCUT2D eigenvalue weighted by Gasteiger charge is -2.36. The van der Waals surface area contributed by atoms with Crippen LogP contribution in [-0.2, 0) is 0 Å². The van der Waals surface area contributed by atoms with Crippen LogP contribution in [0.1, 0.15) is 94.9 Å². The molecule has 40 heavy (non-hydrogen) atoms. The van der Waals surface area contributed by atoms with Crippen LogP contribution in [0.4, 0.5) is 0 Å². The summed E-state index contributed by atoms with van der Waals surface area (Å²) in [4.78, 5) is 0. The average Bonchev–Trinajstić information content (AvgIpc) is 2.85. The maximum Gasteiger partial charge on any atom is 0.00285 e. The Morgan fingerprint density at radius 1 is 0.700 bits per heavy atom. The highest BCUT2D eigenvalue weighted by atomic mass is 14.3. The number of hydrogen-bond acceptors (Lipinski definition) is 0. The Kier molecular flexibility index (Phi) is 16.6. The topological polar surface area (TPSA) is 0 Å². The minimum absolute atomic E-state index is 0.342. The van der Waals surface area contributed by atoms with Crippen LogP contribution < -0.4 is 0 Å². The van der Waals surface area contributed by atoms with Gasteiger partial charge in [-0.2, -0.15) is 0 Å². The van der Waals surface area contributed by atoms with Crippen molar-refractivity contribution in [3.05, 3.63) is 142 Å². The molecule has 0 saturated heterocycles. The van der Waals surface area contributed by atoms with E-state index < -0.39 is 0 Å². The standard InChI is InChI=1S/C40H56/c1-32(2)18-13-21-35(5)24-15-26-36(6)25-14-22-33(3)19-11-12-20-34(4)23-16-27-37(7)29-30-39-38(8)28-17-31-40(39,9)10/h11-12,14-16,18-20,22-30,39H,13,17,21,31H2,1-10H3/b12-11+,22-14+,23-16+,26-15+,30-29+,33-19-,34-20-,35-24-,36-25-,37-27-/t39-/m0/s1. The van der Waals surface area contributed by atoms with E-state index in [9.17, 15) is 0 Å². The van der Waals surface area contributed by atoms with E-state index in [1.807, 2.05) is 0 Å². The average molecular weight is 537 g/mol. The zero-order valence-corrected chi connectivity index (χ0v) is 27.2. The Hall–Kier alpha value is -3.12. The third-order valence-electron chi connectivity index (χ3n) is 7.24. The van der Waals surface area contributed by atoms with Gasteiger partial charge in [0.15, 0.2) is 0 Å². The van der Waals surface area contributed by atoms with E-state index in [0.29, 0.717) is 11.3 Å². The molecule has 0 saturated carbocycles. The van der Waals surface area contributed by atoms with Crippen molar-refractivity contribution in [3.63, 3.8) is 0 Å². The molecule has 0 aromatic rings. The highest BCUT2D eigenvalue weighted by molar-refractivity contribution is 5.33. The first-order valence-corrected chi connectivity index (χ1v) is 14.9. The van der Waals surface area contributed by atoms with Gasteiger partial charge in [-0.15, -0.1) is 0 Å². The van der Waals surface area contributed by atoms with E-state index in [0.717, 1.165) is 12.8 Å². The molecule has 0 aliphatic heterocycles. The summed E-state index contributed by atoms with van der Waals surface area (Å²) < 4.78 is 0. The van der Waals surface area contributed by atoms with Gasteiger partial charge >= 0.3 is 0 Å². The molecule has 0 spiro atoms. The minimum Gasteiger partial charge on any atom is -0.0856 e. The summed E-state index contributed by atoms with van der Waals surface area (Å²) in [7, 11) is 0. The quantitative estimate of drug-likeness (QED) is 0.162. The monoisotopic (exact) mass is 536 g/mol. The smallest absolute Gasteiger partial charge is 0.00285 e. The van der Waals surface area contributed by atoms with Gasteiger partial charge in [0.05, 0.1) is 0 Å². The molecule has 1 rings (SSSR count). The van der Waals surface area contributed by atoms with Crippen LogP contribution in [0.15, 0.2) is 142 Å². The summed E-state index contributed by atoms with van der Waals surface area (Å²) in [5.74, 6) is 0.531. The van der Waals surface area contributed by atoms with E-state index in [1.165, 1.54) is 51.9 Å². The second kappa shape index (κ2) is 19.0. The maximum atomic E-state index is 2.40. The second-order valence-electron chi connectivity index (χ2n) is 12.3. The summed E-state index contributed by atoms with van der Waals surface area (Å²) in [6.45, 7) is 22.1. The molecule has 216 valence electrons. The zero-order chi connectivity index (χ0) is 30.0. The molecule has 1 atom stereocenters. The molecular formula is C40H56. The van der Waals surface area contributed by atoms with Crippen molar-refractivity contribution in [1.82, 2.24) is 0 Å². The fourth-order valence-corrected chi connectivity index (χ4v) is 4.61. The number of hydrogen-bond donors (Lipinski definition) is 0. The normalized spacial score (nSPS) is 20.1. The van der Waals surface area contributed by atoms with Gasteiger partial charge in [-0.25, -0.2) is 0 Å². The molecular weight excluding hydrogens is 480 g/mol. The van der Waals surface area contributed by atoms with Crippen LogP contribution in [0.25, 0.3) is 0 Å². The van der Waals surface area contributed by atoms with E-state index in [1.54, 1.807) is 0 Å². The molecule has 0 heteroatoms. The maximum absolute atomic E-state index is 2.40. The number of rotatable bonds is 13. The first-order valence-electron chi connectivity index (χ1n) is 14.9. The van der Waals surface area contributed by atoms with Gasteiger partial charge in [-0.05, 0) is 86.5 Å². The molecule has 0 bridgehead atoms. The Bertz CT molecular complexity index is 1160. The second-order valence-corrected chi connectivity index (χ2v) is 12.3. The third kappa shape index (κ3) is 16.1. The molecule has 0 heterocycles. The van der Waals surface area contributed by atoms with Gasteiger partial charge in [-0.3, -0.25) is 0 Å². The van der Waals surface area contributed by atoms with Gasteiger partial charge in [0.1, 0.15) is 0 Å². The largest absolute Gasteiger partial charge is 0.0856 e. The van der Waals surface area contributed by atoms with Crippen LogP contribution in [-0.4, -0.2) is 0 Å². The van der Waals surface area contributed by atoms with E-state index >= 15 is 0 Å². The van der Waals surface area contributed by atoms with Crippen molar-refractivity contribution in [2.45, 2.75) is 94.9 Å². The molecule has 0 fully saturated rings. The van der Waals surface area contributed by atoms with Crippen LogP contribution in [0.3, 0.4) is 0 Å². The molecule has 0 amide bonds. The Morgan fingerprint density at radius 2 is 1.18 bits per heavy atom. The highest BCUT2D eigenvalue weighted by Crippen LogP contribution is 2.41. The Balaban J connectivity index is 2.57. The van der Waals surface area contributed by atoms with E-state index in [4.69, 9.17) is 0 Å². The first-order chi connectivity index (χ1) is 18.9. The summed E-state index contributed by atoms with van der Waals surface area (Å²) in [5.41, 5.74) is 9.61. The highest BCUT2D eigenvalue weighted by Gasteiger charge is 2.30. The van der Waals surface area contributed by atoms with Gasteiger partial charge in [-0.1, -0.05) is 156 Å². The van der Waals surface area contributed by atoms with Crippen molar-refractivity contribution in [2.75, 3.05) is 0 Å². The van der Waals surface area contributed by atoms with Crippen LogP contribution >= 0.6 is 0 Å². The van der Waals surface area contributed by atoms with Gasteiger partial charge in [0, 0.05) is 5.92 Å². The van der Waals surface area contributed by atoms with Crippen molar-refractivity contribution in [1.29, 1.82) is 0 Å². The van der Waals surface area contributed by atoms with Crippen LogP contribution in [0.5, 0.6) is 0 Å². The van der Waals surface area contributed by atoms with Crippen molar-refractivity contribution < 1.29 is 0 Å². The number of allylic oxidation sites excluding steroid dienone is 24. The van der Waals surface area contributed by atoms with Crippen molar-refractivity contribution >= 4 is 0 Å². The minimum atomic E-state index is 0.342. The van der Waals surface area contributed by atoms with E-state index in [2.05, 4.69) is 173 Å². The summed E-state index contributed by atoms with van der Waals surface area (Å²) in [6, 6.07) is 0. The Labute approximate surface area is 248 Å².